The Balaban J connectivity index is 1.21. The van der Waals surface area contributed by atoms with Crippen LogP contribution in [-0.4, -0.2) is 157 Å². The van der Waals surface area contributed by atoms with Gasteiger partial charge in [0.15, 0.2) is 6.29 Å². The summed E-state index contributed by atoms with van der Waals surface area (Å²) in [4.78, 5) is 10.4. The molecule has 0 spiro atoms. The van der Waals surface area contributed by atoms with Crippen LogP contribution in [0.5, 0.6) is 0 Å². The molecule has 27 atom stereocenters. The van der Waals surface area contributed by atoms with E-state index in [0.717, 1.165) is 109 Å². The second kappa shape index (κ2) is 63.5. The number of aliphatic hydroxyl groups excluding tert-OH is 6. The monoisotopic (exact) mass is 1640 g/mol. The van der Waals surface area contributed by atoms with Crippen molar-refractivity contribution in [3.8, 4) is 0 Å². The Morgan fingerprint density at radius 2 is 0.632 bits per heavy atom. The van der Waals surface area contributed by atoms with Gasteiger partial charge in [-0.1, -0.05) is 341 Å². The van der Waals surface area contributed by atoms with Gasteiger partial charge in [0.2, 0.25) is 0 Å². The van der Waals surface area contributed by atoms with Crippen molar-refractivity contribution in [2.24, 2.45) is 107 Å². The first kappa shape index (κ1) is 106. The predicted octanol–water partition coefficient (Wildman–Crippen LogP) is 23.4. The maximum absolute atomic E-state index is 12.7. The molecule has 678 valence electrons. The minimum Gasteiger partial charge on any atom is -0.394 e. The fraction of sp³-hybridized carbons (Fsp3) is 1.00. The number of ether oxygens (including phenoxy) is 6. The van der Waals surface area contributed by atoms with Gasteiger partial charge in [0, 0.05) is 26.4 Å². The van der Waals surface area contributed by atoms with Crippen LogP contribution in [0.4, 0.5) is 0 Å². The quantitative estimate of drug-likeness (QED) is 0.0953. The Morgan fingerprint density at radius 1 is 0.333 bits per heavy atom. The molecule has 0 aromatic heterocycles. The minimum atomic E-state index is -4.47. The van der Waals surface area contributed by atoms with Crippen LogP contribution in [0.2, 0.25) is 0 Å². The highest BCUT2D eigenvalue weighted by Gasteiger charge is 2.44. The number of hydrogen-bond acceptors (Lipinski definition) is 15. The first-order valence-electron chi connectivity index (χ1n) is 48.8. The molecule has 0 amide bonds. The van der Waals surface area contributed by atoms with Crippen molar-refractivity contribution in [3.63, 3.8) is 0 Å². The Morgan fingerprint density at radius 3 is 0.974 bits per heavy atom. The SMILES string of the molecule is CC1CCCC(C)CCCC(C)CCC(C)CCCC(C)CC2CCC(CCCC(C)CCOC(COP(=O)(O)OCC(O)CO)COCCC(C)CCCC(C)CCCC(C)CCCC(C)CCC(C)CCCC(C)CC3CCC(CCCC(C)CCOC(CO[C@@H]4O[C@H](CO)[C@@H](O)[C@H](O)[C@H]4O)COCCC(C)CCC1)C3)C2. The van der Waals surface area contributed by atoms with Gasteiger partial charge < -0.3 is 64.0 Å². The zero-order valence-corrected chi connectivity index (χ0v) is 77.5. The minimum absolute atomic E-state index is 0.0967. The fourth-order valence-corrected chi connectivity index (χ4v) is 20.4. The lowest BCUT2D eigenvalue weighted by Gasteiger charge is -2.40. The highest BCUT2D eigenvalue weighted by Crippen LogP contribution is 2.44. The number of fused-ring (bicyclic) bond motifs is 4. The molecular formula is C97H189O16P. The average Bonchev–Trinajstić information content (AvgIpc) is 1.05. The van der Waals surface area contributed by atoms with Crippen LogP contribution in [0.15, 0.2) is 0 Å². The van der Waals surface area contributed by atoms with Crippen LogP contribution in [0, 0.1) is 107 Å². The van der Waals surface area contributed by atoms with Crippen molar-refractivity contribution < 1.29 is 77.6 Å². The Bertz CT molecular complexity index is 2290. The van der Waals surface area contributed by atoms with Crippen LogP contribution in [0.25, 0.3) is 0 Å². The van der Waals surface area contributed by atoms with E-state index in [-0.39, 0.29) is 19.8 Å². The summed E-state index contributed by atoms with van der Waals surface area (Å²) in [5, 5.41) is 60.3. The Labute approximate surface area is 702 Å². The van der Waals surface area contributed by atoms with Gasteiger partial charge >= 0.3 is 7.82 Å². The smallest absolute Gasteiger partial charge is 0.394 e. The standard InChI is InChI=1S/C97H189O16P/c1-72-25-15-27-74(3)31-19-37-80(9)53-57-106-68-91(70-110-97-96(103)95(102)94(101)93(66-99)113-97)108-59-55-82(11)39-23-43-86-49-51-88(63-86)61-84(13)41-21-35-78(7)47-45-77(6)34-18-30-73(2)26-16-28-75(4)32-20-38-81(10)54-58-107-69-92(71-112-114(104,105)111-67-90(100)65-98)109-60-56-83(12)40-24-44-87-50-52-89(64-87)62-85(14)42-22-36-79(8)48-46-76(5)33-17-29-72/h72-103H,15-71H2,1-14H3,(H,104,105)/t72?,73?,74?,75?,76?,77?,78?,79?,80?,81?,82?,83?,84?,85?,86?,87?,88?,89?,90?,91?,92?,93-,94-,95+,96-,97-/m1/s1. The van der Waals surface area contributed by atoms with Crippen molar-refractivity contribution in [3.05, 3.63) is 0 Å². The number of phosphoric ester groups is 1. The molecule has 16 nitrogen and oxygen atoms in total. The summed E-state index contributed by atoms with van der Waals surface area (Å²) < 4.78 is 59.9. The topological polar surface area (TPSA) is 233 Å². The van der Waals surface area contributed by atoms with Crippen LogP contribution in [0.1, 0.15) is 392 Å². The first-order chi connectivity index (χ1) is 54.6. The molecule has 4 fully saturated rings. The summed E-state index contributed by atoms with van der Waals surface area (Å²) in [6, 6.07) is 0. The molecular weight excluding hydrogens is 1450 g/mol. The number of aliphatic hydroxyl groups is 6. The predicted molar refractivity (Wildman–Crippen MR) is 470 cm³/mol. The van der Waals surface area contributed by atoms with Gasteiger partial charge in [0.1, 0.15) is 42.7 Å². The summed E-state index contributed by atoms with van der Waals surface area (Å²) in [6.45, 7) is 35.5. The molecule has 2 heterocycles. The third-order valence-electron chi connectivity index (χ3n) is 28.3. The van der Waals surface area contributed by atoms with Crippen LogP contribution in [-0.2, 0) is 42.0 Å². The Hall–Kier alpha value is -0.370. The lowest BCUT2D eigenvalue weighted by molar-refractivity contribution is -0.306. The molecule has 0 radical (unpaired) electrons. The largest absolute Gasteiger partial charge is 0.472 e. The van der Waals surface area contributed by atoms with Gasteiger partial charge in [-0.25, -0.2) is 4.57 Å². The molecule has 4 aliphatic rings. The van der Waals surface area contributed by atoms with E-state index in [2.05, 4.69) is 96.9 Å². The summed E-state index contributed by atoms with van der Waals surface area (Å²) in [5.74, 6) is 13.6. The van der Waals surface area contributed by atoms with Gasteiger partial charge in [0.05, 0.1) is 46.2 Å². The first-order valence-corrected chi connectivity index (χ1v) is 50.3. The van der Waals surface area contributed by atoms with Gasteiger partial charge in [-0.05, 0) is 158 Å². The number of hydrogen-bond donors (Lipinski definition) is 7. The molecule has 7 N–H and O–H groups in total. The molecule has 2 saturated carbocycles. The van der Waals surface area contributed by atoms with Gasteiger partial charge in [0.25, 0.3) is 0 Å². The molecule has 2 saturated heterocycles. The highest BCUT2D eigenvalue weighted by atomic mass is 31.2. The normalized spacial score (nSPS) is 38.4. The van der Waals surface area contributed by atoms with Crippen LogP contribution in [0.3, 0.4) is 0 Å². The lowest BCUT2D eigenvalue weighted by Crippen LogP contribution is -2.59. The van der Waals surface area contributed by atoms with E-state index in [0.29, 0.717) is 56.7 Å². The van der Waals surface area contributed by atoms with Gasteiger partial charge in [-0.15, -0.1) is 0 Å². The summed E-state index contributed by atoms with van der Waals surface area (Å²) >= 11 is 0. The molecule has 2 aliphatic carbocycles. The molecule has 22 unspecified atom stereocenters. The molecule has 17 heteroatoms. The summed E-state index contributed by atoms with van der Waals surface area (Å²) in [5.41, 5.74) is 0. The van der Waals surface area contributed by atoms with E-state index < -0.39 is 76.7 Å². The fourth-order valence-electron chi connectivity index (χ4n) is 19.6. The molecule has 4 bridgehead atoms. The molecule has 0 aromatic rings. The maximum atomic E-state index is 12.7. The van der Waals surface area contributed by atoms with E-state index in [1.165, 1.54) is 270 Å². The molecule has 114 heavy (non-hydrogen) atoms. The second-order valence-corrected chi connectivity index (χ2v) is 42.2. The average molecular weight is 1640 g/mol. The second-order valence-electron chi connectivity index (χ2n) is 40.7. The summed E-state index contributed by atoms with van der Waals surface area (Å²) in [7, 11) is -4.47. The highest BCUT2D eigenvalue weighted by molar-refractivity contribution is 7.47. The van der Waals surface area contributed by atoms with E-state index >= 15 is 0 Å². The number of phosphoric acid groups is 1. The third kappa shape index (κ3) is 51.7. The van der Waals surface area contributed by atoms with E-state index in [1.54, 1.807) is 0 Å². The van der Waals surface area contributed by atoms with Crippen molar-refractivity contribution in [2.45, 2.75) is 441 Å². The van der Waals surface area contributed by atoms with E-state index in [1.807, 2.05) is 0 Å². The van der Waals surface area contributed by atoms with Crippen LogP contribution < -0.4 is 0 Å². The lowest BCUT2D eigenvalue weighted by atomic mass is 9.87. The van der Waals surface area contributed by atoms with Crippen molar-refractivity contribution in [1.82, 2.24) is 0 Å². The van der Waals surface area contributed by atoms with E-state index in [9.17, 15) is 40.1 Å². The molecule has 2 aliphatic heterocycles. The molecule has 0 aromatic carbocycles. The van der Waals surface area contributed by atoms with Gasteiger partial charge in [-0.3, -0.25) is 9.05 Å². The van der Waals surface area contributed by atoms with E-state index in [4.69, 9.17) is 37.5 Å². The van der Waals surface area contributed by atoms with Crippen LogP contribution >= 0.6 is 7.82 Å². The number of rotatable bonds is 11. The van der Waals surface area contributed by atoms with Crippen molar-refractivity contribution in [1.29, 1.82) is 0 Å². The van der Waals surface area contributed by atoms with Crippen molar-refractivity contribution >= 4 is 7.82 Å². The zero-order valence-electron chi connectivity index (χ0n) is 76.6. The Kier molecular flexibility index (Phi) is 59.1. The van der Waals surface area contributed by atoms with Gasteiger partial charge in [-0.2, -0.15) is 0 Å². The van der Waals surface area contributed by atoms with Crippen molar-refractivity contribution in [2.75, 3.05) is 72.7 Å². The zero-order chi connectivity index (χ0) is 83.5. The third-order valence-corrected chi connectivity index (χ3v) is 29.2. The maximum Gasteiger partial charge on any atom is 0.472 e. The summed E-state index contributed by atoms with van der Waals surface area (Å²) in [6.07, 6.45) is 50.8. The molecule has 4 rings (SSSR count).